The monoisotopic (exact) mass is 1610 g/mol. The summed E-state index contributed by atoms with van der Waals surface area (Å²) in [6.07, 6.45) is 15.3. The van der Waals surface area contributed by atoms with Gasteiger partial charge in [0.1, 0.15) is 33.6 Å². The molecule has 15 rings (SSSR count). The number of pyridine rings is 3. The molecule has 6 N–H and O–H groups in total. The van der Waals surface area contributed by atoms with Crippen molar-refractivity contribution in [3.8, 4) is 0 Å². The first-order valence-electron chi connectivity index (χ1n) is 38.6. The van der Waals surface area contributed by atoms with Crippen LogP contribution < -0.4 is 0 Å². The number of carbonyl (C=O) groups excluding carboxylic acids is 3. The normalized spacial score (nSPS) is 19.6. The number of aromatic amines is 3. The third kappa shape index (κ3) is 17.5. The summed E-state index contributed by atoms with van der Waals surface area (Å²) in [5.74, 6) is 0. The van der Waals surface area contributed by atoms with E-state index >= 15 is 0 Å². The first kappa shape index (κ1) is 82.4. The summed E-state index contributed by atoms with van der Waals surface area (Å²) in [5.41, 5.74) is 11.4. The number of imidazole rings is 3. The van der Waals surface area contributed by atoms with Crippen LogP contribution in [0.5, 0.6) is 0 Å². The number of nitrogens with one attached hydrogen (secondary N) is 3. The second kappa shape index (κ2) is 32.6. The number of hydrogen-bond acceptors (Lipinski definition) is 18. The highest BCUT2D eigenvalue weighted by Crippen LogP contribution is 2.51. The Morgan fingerprint density at radius 3 is 0.842 bits per heavy atom. The largest absolute Gasteiger partial charge is 0.444 e. The van der Waals surface area contributed by atoms with Gasteiger partial charge in [0.05, 0.1) is 71.3 Å². The minimum atomic E-state index is -1.39. The Balaban J connectivity index is 0.000000149. The molecule has 600 valence electrons. The smallest absolute Gasteiger partial charge is 0.410 e. The number of benzene rings is 3. The summed E-state index contributed by atoms with van der Waals surface area (Å²) in [5, 5.41) is 37.6. The van der Waals surface area contributed by atoms with Crippen LogP contribution >= 0.6 is 34.8 Å². The molecule has 0 saturated carbocycles. The molecule has 9 aromatic rings. The molecule has 3 aliphatic carbocycles. The number of rotatable bonds is 9. The quantitative estimate of drug-likeness (QED) is 0.0732. The fraction of sp³-hybridized carbons (Fsp3) is 0.414. The molecular weight excluding hydrogens is 1510 g/mol. The number of nitrogens with zero attached hydrogens (tertiary/aromatic N) is 12. The Bertz CT molecular complexity index is 4650. The van der Waals surface area contributed by atoms with Crippen LogP contribution in [0.25, 0.3) is 34.9 Å². The van der Waals surface area contributed by atoms with Gasteiger partial charge in [0.15, 0.2) is 0 Å². The maximum absolute atomic E-state index is 12.7. The van der Waals surface area contributed by atoms with E-state index in [1.54, 1.807) is 73.0 Å². The van der Waals surface area contributed by atoms with E-state index in [0.29, 0.717) is 127 Å². The summed E-state index contributed by atoms with van der Waals surface area (Å²) >= 11 is 19.6. The molecule has 6 aromatic heterocycles. The van der Waals surface area contributed by atoms with Crippen molar-refractivity contribution in [1.82, 2.24) is 74.3 Å². The van der Waals surface area contributed by atoms with Gasteiger partial charge < -0.3 is 59.2 Å². The van der Waals surface area contributed by atoms with Crippen molar-refractivity contribution in [2.24, 2.45) is 0 Å². The number of aliphatic hydroxyl groups is 3. The molecule has 0 bridgehead atoms. The first-order valence-corrected chi connectivity index (χ1v) is 39.8. The lowest BCUT2D eigenvalue weighted by Crippen LogP contribution is -2.51. The van der Waals surface area contributed by atoms with Gasteiger partial charge >= 0.3 is 18.3 Å². The van der Waals surface area contributed by atoms with Gasteiger partial charge in [-0.15, -0.1) is 0 Å². The van der Waals surface area contributed by atoms with Gasteiger partial charge in [-0.05, 0) is 243 Å². The summed E-state index contributed by atoms with van der Waals surface area (Å²) < 4.78 is 16.8. The van der Waals surface area contributed by atoms with E-state index in [0.717, 1.165) is 84.2 Å². The standard InChI is InChI=1S/3C29H34ClN5O3/c3*1-18-26(33-17-32-18)29(5,37)23-15-19-7-6-10-31-24(19)25(21-9-8-20(30)16-22(21)23)34-11-13-35(14-12-34)27(36)38-28(2,3)4/h3*6-10,15-17,25,37H,11-14H2,1-5H3,(H,32,33)/t3*25-,29?/m000/s1. The van der Waals surface area contributed by atoms with E-state index < -0.39 is 33.6 Å². The average molecular weight is 1610 g/mol. The lowest BCUT2D eigenvalue weighted by molar-refractivity contribution is 0.0108. The molecule has 3 aromatic carbocycles. The highest BCUT2D eigenvalue weighted by Gasteiger charge is 2.45. The molecule has 3 saturated heterocycles. The van der Waals surface area contributed by atoms with Crippen molar-refractivity contribution in [3.63, 3.8) is 0 Å². The number of piperazine rings is 3. The van der Waals surface area contributed by atoms with Crippen molar-refractivity contribution < 1.29 is 43.9 Å². The molecule has 24 nitrogen and oxygen atoms in total. The Morgan fingerprint density at radius 2 is 0.623 bits per heavy atom. The summed E-state index contributed by atoms with van der Waals surface area (Å²) in [4.78, 5) is 87.5. The average Bonchev–Trinajstić information content (AvgIpc) is 1.59. The number of halogens is 3. The van der Waals surface area contributed by atoms with Gasteiger partial charge in [-0.3, -0.25) is 29.7 Å². The Kier molecular flexibility index (Phi) is 23.6. The van der Waals surface area contributed by atoms with Crippen LogP contribution in [0.2, 0.25) is 15.1 Å². The zero-order valence-electron chi connectivity index (χ0n) is 67.4. The van der Waals surface area contributed by atoms with E-state index in [2.05, 4.69) is 44.6 Å². The van der Waals surface area contributed by atoms with Crippen LogP contribution in [0.4, 0.5) is 14.4 Å². The molecule has 3 aliphatic heterocycles. The SMILES string of the molecule is Cc1[nH]cnc1C(C)(O)C1=Cc2cccnc2[C@@H](N2CCN(C(=O)OC(C)(C)C)CC2)c2ccc(Cl)cc21.Cc1[nH]cnc1C(C)(O)C1=Cc2cccnc2[C@@H](N2CCN(C(=O)OC(C)(C)C)CC2)c2ccc(Cl)cc21.Cc1[nH]cnc1C(C)(O)C1=Cc2cccnc2[C@@H](N2CCN(C(=O)OC(C)(C)C)CC2)c2ccc(Cl)cc21. The van der Waals surface area contributed by atoms with Gasteiger partial charge in [0, 0.05) is 129 Å². The fourth-order valence-corrected chi connectivity index (χ4v) is 16.7. The molecule has 3 unspecified atom stereocenters. The van der Waals surface area contributed by atoms with E-state index in [9.17, 15) is 29.7 Å². The number of ether oxygens (including phenoxy) is 3. The number of aryl methyl sites for hydroxylation is 3. The molecule has 27 heteroatoms. The number of aromatic nitrogens is 9. The zero-order chi connectivity index (χ0) is 81.7. The van der Waals surface area contributed by atoms with Crippen LogP contribution in [-0.2, 0) is 31.0 Å². The third-order valence-corrected chi connectivity index (χ3v) is 22.2. The van der Waals surface area contributed by atoms with Crippen LogP contribution in [0.3, 0.4) is 0 Å². The second-order valence-corrected chi connectivity index (χ2v) is 34.7. The number of hydrogen-bond donors (Lipinski definition) is 6. The molecule has 9 heterocycles. The Labute approximate surface area is 681 Å². The highest BCUT2D eigenvalue weighted by molar-refractivity contribution is 6.31. The molecule has 0 spiro atoms. The third-order valence-electron chi connectivity index (χ3n) is 21.5. The second-order valence-electron chi connectivity index (χ2n) is 33.4. The topological polar surface area (TPSA) is 284 Å². The molecule has 3 amide bonds. The maximum Gasteiger partial charge on any atom is 0.410 e. The number of carbonyl (C=O) groups is 3. The van der Waals surface area contributed by atoms with Crippen LogP contribution in [0.1, 0.15) is 203 Å². The minimum Gasteiger partial charge on any atom is -0.444 e. The lowest BCUT2D eigenvalue weighted by Gasteiger charge is -2.40. The Morgan fingerprint density at radius 1 is 0.377 bits per heavy atom. The van der Waals surface area contributed by atoms with Gasteiger partial charge in [0.25, 0.3) is 0 Å². The summed E-state index contributed by atoms with van der Waals surface area (Å²) in [7, 11) is 0. The minimum absolute atomic E-state index is 0.191. The number of amides is 3. The number of H-pyrrole nitrogens is 3. The van der Waals surface area contributed by atoms with E-state index in [1.807, 2.05) is 192 Å². The van der Waals surface area contributed by atoms with Gasteiger partial charge in [-0.1, -0.05) is 71.2 Å². The van der Waals surface area contributed by atoms with Crippen molar-refractivity contribution in [1.29, 1.82) is 0 Å². The van der Waals surface area contributed by atoms with Crippen molar-refractivity contribution in [2.75, 3.05) is 78.5 Å². The summed E-state index contributed by atoms with van der Waals surface area (Å²) in [6.45, 7) is 35.0. The van der Waals surface area contributed by atoms with Crippen molar-refractivity contribution in [3.05, 3.63) is 245 Å². The molecular formula is C87H102Cl3N15O9. The molecule has 114 heavy (non-hydrogen) atoms. The van der Waals surface area contributed by atoms with Gasteiger partial charge in [0.2, 0.25) is 0 Å². The van der Waals surface area contributed by atoms with E-state index in [-0.39, 0.29) is 36.4 Å². The lowest BCUT2D eigenvalue weighted by atomic mass is 9.83. The molecule has 6 atom stereocenters. The molecule has 6 aliphatic rings. The fourth-order valence-electron chi connectivity index (χ4n) is 16.2. The van der Waals surface area contributed by atoms with Crippen molar-refractivity contribution in [2.45, 2.75) is 156 Å². The van der Waals surface area contributed by atoms with E-state index in [4.69, 9.17) is 64.0 Å². The highest BCUT2D eigenvalue weighted by atomic mass is 35.5. The summed E-state index contributed by atoms with van der Waals surface area (Å²) in [6, 6.07) is 28.6. The maximum atomic E-state index is 12.7. The van der Waals surface area contributed by atoms with Crippen LogP contribution in [-0.4, -0.2) is 203 Å². The predicted molar refractivity (Wildman–Crippen MR) is 443 cm³/mol. The Hall–Kier alpha value is -9.60. The van der Waals surface area contributed by atoms with E-state index in [1.165, 1.54) is 0 Å². The van der Waals surface area contributed by atoms with Crippen LogP contribution in [0.15, 0.2) is 129 Å². The van der Waals surface area contributed by atoms with Gasteiger partial charge in [-0.25, -0.2) is 29.3 Å². The molecule has 0 radical (unpaired) electrons. The van der Waals surface area contributed by atoms with Crippen molar-refractivity contribution >= 4 is 88.0 Å². The predicted octanol–water partition coefficient (Wildman–Crippen LogP) is 15.5. The first-order chi connectivity index (χ1) is 53.9. The van der Waals surface area contributed by atoms with Crippen LogP contribution in [0, 0.1) is 20.8 Å². The van der Waals surface area contributed by atoms with Gasteiger partial charge in [-0.2, -0.15) is 0 Å². The zero-order valence-corrected chi connectivity index (χ0v) is 69.6. The number of fused-ring (bicyclic) bond motifs is 6. The molecule has 3 fully saturated rings.